The van der Waals surface area contributed by atoms with Crippen molar-refractivity contribution in [2.45, 2.75) is 38.6 Å². The number of allylic oxidation sites excluding steroid dienone is 1. The molecule has 0 aromatic heterocycles. The van der Waals surface area contributed by atoms with E-state index in [9.17, 15) is 4.79 Å². The van der Waals surface area contributed by atoms with Gasteiger partial charge in [-0.2, -0.15) is 0 Å². The van der Waals surface area contributed by atoms with E-state index in [0.717, 1.165) is 25.8 Å². The fourth-order valence-electron chi connectivity index (χ4n) is 1.95. The summed E-state index contributed by atoms with van der Waals surface area (Å²) >= 11 is 0. The third-order valence-electron chi connectivity index (χ3n) is 2.72. The number of carbonyl (C=O) groups is 1. The van der Waals surface area contributed by atoms with E-state index in [-0.39, 0.29) is 18.7 Å². The lowest BCUT2D eigenvalue weighted by molar-refractivity contribution is 0.134. The van der Waals surface area contributed by atoms with Crippen molar-refractivity contribution in [2.24, 2.45) is 0 Å². The van der Waals surface area contributed by atoms with Gasteiger partial charge in [0, 0.05) is 25.4 Å². The van der Waals surface area contributed by atoms with E-state index in [2.05, 4.69) is 5.32 Å². The van der Waals surface area contributed by atoms with Crippen molar-refractivity contribution in [1.29, 1.82) is 0 Å². The molecule has 1 aliphatic heterocycles. The van der Waals surface area contributed by atoms with Crippen molar-refractivity contribution in [3.63, 3.8) is 0 Å². The monoisotopic (exact) mass is 212 g/mol. The summed E-state index contributed by atoms with van der Waals surface area (Å²) in [5.74, 6) is 0. The number of hydrogen-bond acceptors (Lipinski definition) is 2. The molecule has 1 aliphatic rings. The Labute approximate surface area is 91.0 Å². The molecular formula is C11H20N2O2. The summed E-state index contributed by atoms with van der Waals surface area (Å²) in [6, 6.07) is 0.153. The molecule has 1 rings (SSSR count). The molecule has 1 saturated heterocycles. The molecule has 1 unspecified atom stereocenters. The lowest BCUT2D eigenvalue weighted by Gasteiger charge is -2.35. The highest BCUT2D eigenvalue weighted by Gasteiger charge is 2.25. The Kier molecular flexibility index (Phi) is 5.18. The van der Waals surface area contributed by atoms with Gasteiger partial charge in [0.1, 0.15) is 0 Å². The molecule has 86 valence electrons. The van der Waals surface area contributed by atoms with Crippen molar-refractivity contribution < 1.29 is 9.90 Å². The number of aliphatic hydroxyl groups excluding tert-OH is 1. The van der Waals surface area contributed by atoms with E-state index >= 15 is 0 Å². The van der Waals surface area contributed by atoms with Crippen LogP contribution in [0.4, 0.5) is 4.79 Å². The highest BCUT2D eigenvalue weighted by atomic mass is 16.3. The highest BCUT2D eigenvalue weighted by molar-refractivity contribution is 5.75. The predicted octanol–water partition coefficient (Wildman–Crippen LogP) is 1.47. The molecule has 1 heterocycles. The zero-order valence-corrected chi connectivity index (χ0v) is 9.28. The van der Waals surface area contributed by atoms with E-state index in [1.807, 2.05) is 11.8 Å². The first-order valence-electron chi connectivity index (χ1n) is 5.58. The molecule has 0 aliphatic carbocycles. The minimum atomic E-state index is -0.0498. The van der Waals surface area contributed by atoms with Gasteiger partial charge in [-0.25, -0.2) is 4.79 Å². The smallest absolute Gasteiger partial charge is 0.321 e. The van der Waals surface area contributed by atoms with Crippen molar-refractivity contribution in [1.82, 2.24) is 10.2 Å². The summed E-state index contributed by atoms with van der Waals surface area (Å²) in [6.45, 7) is 2.81. The summed E-state index contributed by atoms with van der Waals surface area (Å²) in [7, 11) is 0. The van der Waals surface area contributed by atoms with Crippen LogP contribution in [0.2, 0.25) is 0 Å². The van der Waals surface area contributed by atoms with Crippen LogP contribution in [0.25, 0.3) is 0 Å². The summed E-state index contributed by atoms with van der Waals surface area (Å²) in [5, 5.41) is 11.6. The number of amides is 2. The Balaban J connectivity index is 2.50. The molecule has 2 N–H and O–H groups in total. The van der Waals surface area contributed by atoms with Gasteiger partial charge in [-0.05, 0) is 32.6 Å². The number of urea groups is 1. The van der Waals surface area contributed by atoms with Gasteiger partial charge in [0.05, 0.1) is 0 Å². The van der Waals surface area contributed by atoms with Crippen LogP contribution < -0.4 is 5.32 Å². The van der Waals surface area contributed by atoms with E-state index < -0.39 is 0 Å². The normalized spacial score (nSPS) is 22.0. The van der Waals surface area contributed by atoms with Crippen molar-refractivity contribution in [3.05, 3.63) is 12.3 Å². The maximum absolute atomic E-state index is 11.7. The van der Waals surface area contributed by atoms with Gasteiger partial charge in [-0.3, -0.25) is 0 Å². The maximum atomic E-state index is 11.7. The van der Waals surface area contributed by atoms with Gasteiger partial charge >= 0.3 is 6.03 Å². The number of nitrogens with one attached hydrogen (secondary N) is 1. The van der Waals surface area contributed by atoms with Gasteiger partial charge in [0.2, 0.25) is 0 Å². The van der Waals surface area contributed by atoms with Crippen molar-refractivity contribution in [3.8, 4) is 0 Å². The van der Waals surface area contributed by atoms with Crippen LogP contribution >= 0.6 is 0 Å². The fraction of sp³-hybridized carbons (Fsp3) is 0.727. The standard InChI is InChI=1S/C11H20N2O2/c1-2-7-12-11(15)13-8-4-3-5-10(13)6-9-14/h2,7,10,14H,3-6,8-9H2,1H3,(H,12,15)/b7-2+. The predicted molar refractivity (Wildman–Crippen MR) is 59.4 cm³/mol. The van der Waals surface area contributed by atoms with Crippen LogP contribution in [0.15, 0.2) is 12.3 Å². The fourth-order valence-corrected chi connectivity index (χ4v) is 1.95. The molecule has 0 spiro atoms. The van der Waals surface area contributed by atoms with Crippen LogP contribution in [0.5, 0.6) is 0 Å². The molecule has 0 aromatic rings. The lowest BCUT2D eigenvalue weighted by Crippen LogP contribution is -2.47. The lowest BCUT2D eigenvalue weighted by atomic mass is 10.0. The number of piperidine rings is 1. The van der Waals surface area contributed by atoms with E-state index in [1.165, 1.54) is 0 Å². The zero-order chi connectivity index (χ0) is 11.1. The van der Waals surface area contributed by atoms with E-state index in [4.69, 9.17) is 5.11 Å². The number of carbonyl (C=O) groups excluding carboxylic acids is 1. The summed E-state index contributed by atoms with van der Waals surface area (Å²) < 4.78 is 0. The second-order valence-electron chi connectivity index (χ2n) is 3.80. The second kappa shape index (κ2) is 6.45. The van der Waals surface area contributed by atoms with E-state index in [0.29, 0.717) is 6.42 Å². The number of likely N-dealkylation sites (tertiary alicyclic amines) is 1. The van der Waals surface area contributed by atoms with Crippen LogP contribution in [-0.2, 0) is 0 Å². The quantitative estimate of drug-likeness (QED) is 0.744. The Morgan fingerprint density at radius 2 is 2.40 bits per heavy atom. The van der Waals surface area contributed by atoms with Crippen LogP contribution in [-0.4, -0.2) is 35.2 Å². The van der Waals surface area contributed by atoms with E-state index in [1.54, 1.807) is 12.3 Å². The summed E-state index contributed by atoms with van der Waals surface area (Å²) in [6.07, 6.45) is 7.34. The Bertz CT molecular complexity index is 227. The molecule has 0 aromatic carbocycles. The van der Waals surface area contributed by atoms with Crippen LogP contribution in [0.1, 0.15) is 32.6 Å². The third-order valence-corrected chi connectivity index (χ3v) is 2.72. The molecule has 4 heteroatoms. The molecule has 1 atom stereocenters. The number of nitrogens with zero attached hydrogens (tertiary/aromatic N) is 1. The minimum Gasteiger partial charge on any atom is -0.396 e. The third kappa shape index (κ3) is 3.55. The average Bonchev–Trinajstić information content (AvgIpc) is 2.27. The molecule has 0 bridgehead atoms. The molecule has 15 heavy (non-hydrogen) atoms. The Morgan fingerprint density at radius 1 is 1.60 bits per heavy atom. The molecule has 1 fully saturated rings. The zero-order valence-electron chi connectivity index (χ0n) is 9.28. The minimum absolute atomic E-state index is 0.0498. The molecule has 0 saturated carbocycles. The van der Waals surface area contributed by atoms with Crippen LogP contribution in [0, 0.1) is 0 Å². The topological polar surface area (TPSA) is 52.6 Å². The largest absolute Gasteiger partial charge is 0.396 e. The molecule has 0 radical (unpaired) electrons. The maximum Gasteiger partial charge on any atom is 0.321 e. The van der Waals surface area contributed by atoms with Gasteiger partial charge in [0.15, 0.2) is 0 Å². The van der Waals surface area contributed by atoms with Gasteiger partial charge < -0.3 is 15.3 Å². The van der Waals surface area contributed by atoms with Gasteiger partial charge in [-0.15, -0.1) is 0 Å². The summed E-state index contributed by atoms with van der Waals surface area (Å²) in [4.78, 5) is 13.6. The Hall–Kier alpha value is -1.03. The molecule has 2 amide bonds. The van der Waals surface area contributed by atoms with Gasteiger partial charge in [-0.1, -0.05) is 6.08 Å². The first-order valence-corrected chi connectivity index (χ1v) is 5.58. The highest BCUT2D eigenvalue weighted by Crippen LogP contribution is 2.19. The number of hydrogen-bond donors (Lipinski definition) is 2. The van der Waals surface area contributed by atoms with Gasteiger partial charge in [0.25, 0.3) is 0 Å². The SMILES string of the molecule is C/C=C/NC(=O)N1CCCCC1CCO. The molecule has 4 nitrogen and oxygen atoms in total. The summed E-state index contributed by atoms with van der Waals surface area (Å²) in [5.41, 5.74) is 0. The molecular weight excluding hydrogens is 192 g/mol. The second-order valence-corrected chi connectivity index (χ2v) is 3.80. The number of aliphatic hydroxyl groups is 1. The first kappa shape index (κ1) is 12.0. The Morgan fingerprint density at radius 3 is 3.07 bits per heavy atom. The number of rotatable bonds is 3. The first-order chi connectivity index (χ1) is 7.29. The van der Waals surface area contributed by atoms with Crippen molar-refractivity contribution >= 4 is 6.03 Å². The van der Waals surface area contributed by atoms with Crippen molar-refractivity contribution in [2.75, 3.05) is 13.2 Å². The van der Waals surface area contributed by atoms with Crippen LogP contribution in [0.3, 0.4) is 0 Å². The average molecular weight is 212 g/mol.